The number of anilines is 1. The molecule has 4 aromatic rings. The number of rotatable bonds is 3. The van der Waals surface area contributed by atoms with Crippen molar-refractivity contribution in [2.75, 3.05) is 5.43 Å². The Morgan fingerprint density at radius 1 is 1.12 bits per heavy atom. The summed E-state index contributed by atoms with van der Waals surface area (Å²) in [6.45, 7) is 2.06. The number of phenolic OH excluding ortho intramolecular Hbond substituents is 1. The Morgan fingerprint density at radius 3 is 2.92 bits per heavy atom. The van der Waals surface area contributed by atoms with Crippen molar-refractivity contribution >= 4 is 43.7 Å². The van der Waals surface area contributed by atoms with Crippen LogP contribution in [0, 0.1) is 6.92 Å². The van der Waals surface area contributed by atoms with E-state index in [0.29, 0.717) is 5.56 Å². The molecule has 0 amide bonds. The van der Waals surface area contributed by atoms with Crippen LogP contribution in [-0.2, 0) is 0 Å². The summed E-state index contributed by atoms with van der Waals surface area (Å²) in [5.74, 6) is 0.208. The number of nitrogens with zero attached hydrogens (tertiary/aromatic N) is 2. The molecule has 0 aliphatic heterocycles. The number of hydrogen-bond acceptors (Lipinski definition) is 5. The van der Waals surface area contributed by atoms with Crippen molar-refractivity contribution < 1.29 is 5.11 Å². The summed E-state index contributed by atoms with van der Waals surface area (Å²) >= 11 is 1.56. The van der Waals surface area contributed by atoms with E-state index in [4.69, 9.17) is 0 Å². The van der Waals surface area contributed by atoms with Crippen molar-refractivity contribution in [2.24, 2.45) is 5.10 Å². The zero-order valence-corrected chi connectivity index (χ0v) is 13.8. The number of hydrogen-bond donors (Lipinski definition) is 2. The molecule has 0 aliphatic carbocycles. The molecule has 0 aliphatic rings. The maximum Gasteiger partial charge on any atom is 0.204 e. The minimum Gasteiger partial charge on any atom is -0.507 e. The lowest BCUT2D eigenvalue weighted by Gasteiger charge is -2.04. The molecule has 0 radical (unpaired) electrons. The molecule has 3 aromatic carbocycles. The van der Waals surface area contributed by atoms with E-state index >= 15 is 0 Å². The number of benzene rings is 3. The van der Waals surface area contributed by atoms with Gasteiger partial charge in [-0.2, -0.15) is 5.10 Å². The van der Waals surface area contributed by atoms with Gasteiger partial charge in [-0.05, 0) is 41.5 Å². The second kappa shape index (κ2) is 5.94. The van der Waals surface area contributed by atoms with Crippen molar-refractivity contribution in [2.45, 2.75) is 6.92 Å². The Morgan fingerprint density at radius 2 is 2.00 bits per heavy atom. The first kappa shape index (κ1) is 14.7. The number of phenols is 1. The van der Waals surface area contributed by atoms with Crippen LogP contribution in [0.2, 0.25) is 0 Å². The van der Waals surface area contributed by atoms with Crippen molar-refractivity contribution in [1.29, 1.82) is 0 Å². The van der Waals surface area contributed by atoms with Crippen LogP contribution in [-0.4, -0.2) is 16.3 Å². The van der Waals surface area contributed by atoms with Gasteiger partial charge in [0.15, 0.2) is 0 Å². The van der Waals surface area contributed by atoms with E-state index < -0.39 is 0 Å². The zero-order valence-electron chi connectivity index (χ0n) is 13.0. The number of fused-ring (bicyclic) bond motifs is 2. The van der Waals surface area contributed by atoms with Crippen LogP contribution < -0.4 is 5.43 Å². The van der Waals surface area contributed by atoms with E-state index in [2.05, 4.69) is 28.5 Å². The molecule has 0 bridgehead atoms. The van der Waals surface area contributed by atoms with Crippen LogP contribution in [0.4, 0.5) is 5.13 Å². The Labute approximate surface area is 143 Å². The Hall–Kier alpha value is -2.92. The lowest BCUT2D eigenvalue weighted by atomic mass is 10.0. The number of thiazole rings is 1. The van der Waals surface area contributed by atoms with Gasteiger partial charge in [-0.1, -0.05) is 47.7 Å². The molecule has 5 heteroatoms. The zero-order chi connectivity index (χ0) is 16.5. The topological polar surface area (TPSA) is 57.5 Å². The Bertz CT molecular complexity index is 1070. The summed E-state index contributed by atoms with van der Waals surface area (Å²) in [6, 6.07) is 17.6. The van der Waals surface area contributed by atoms with E-state index in [1.165, 1.54) is 5.56 Å². The number of hydrazone groups is 1. The average Bonchev–Trinajstić information content (AvgIpc) is 2.98. The highest BCUT2D eigenvalue weighted by Crippen LogP contribution is 2.27. The van der Waals surface area contributed by atoms with E-state index in [0.717, 1.165) is 26.1 Å². The fraction of sp³-hybridized carbons (Fsp3) is 0.0526. The van der Waals surface area contributed by atoms with Crippen molar-refractivity contribution in [1.82, 2.24) is 4.98 Å². The highest BCUT2D eigenvalue weighted by atomic mass is 32.1. The first-order valence-electron chi connectivity index (χ1n) is 7.58. The van der Waals surface area contributed by atoms with Gasteiger partial charge in [0.2, 0.25) is 5.13 Å². The third kappa shape index (κ3) is 2.70. The largest absolute Gasteiger partial charge is 0.507 e. The van der Waals surface area contributed by atoms with Crippen LogP contribution in [0.15, 0.2) is 59.7 Å². The maximum absolute atomic E-state index is 10.1. The van der Waals surface area contributed by atoms with E-state index in [1.807, 2.05) is 42.5 Å². The first-order valence-corrected chi connectivity index (χ1v) is 8.39. The second-order valence-corrected chi connectivity index (χ2v) is 6.61. The molecule has 24 heavy (non-hydrogen) atoms. The molecular formula is C19H15N3OS. The summed E-state index contributed by atoms with van der Waals surface area (Å²) in [5, 5.41) is 17.1. The molecule has 2 N–H and O–H groups in total. The Kier molecular flexibility index (Phi) is 3.63. The minimum absolute atomic E-state index is 0.208. The third-order valence-corrected chi connectivity index (χ3v) is 4.77. The molecule has 0 saturated carbocycles. The van der Waals surface area contributed by atoms with Crippen molar-refractivity contribution in [3.05, 3.63) is 65.7 Å². The molecule has 1 aromatic heterocycles. The second-order valence-electron chi connectivity index (χ2n) is 5.58. The smallest absolute Gasteiger partial charge is 0.204 e. The average molecular weight is 333 g/mol. The predicted octanol–water partition coefficient (Wildman–Crippen LogP) is 4.91. The summed E-state index contributed by atoms with van der Waals surface area (Å²) in [7, 11) is 0. The van der Waals surface area contributed by atoms with Gasteiger partial charge < -0.3 is 5.11 Å². The molecule has 0 saturated heterocycles. The van der Waals surface area contributed by atoms with Crippen molar-refractivity contribution in [3.63, 3.8) is 0 Å². The summed E-state index contributed by atoms with van der Waals surface area (Å²) in [5.41, 5.74) is 5.82. The fourth-order valence-electron chi connectivity index (χ4n) is 2.65. The molecule has 0 unspecified atom stereocenters. The van der Waals surface area contributed by atoms with Gasteiger partial charge in [-0.15, -0.1) is 0 Å². The van der Waals surface area contributed by atoms with Crippen molar-refractivity contribution in [3.8, 4) is 5.75 Å². The third-order valence-electron chi connectivity index (χ3n) is 3.85. The lowest BCUT2D eigenvalue weighted by Crippen LogP contribution is -1.91. The number of nitrogens with one attached hydrogen (secondary N) is 1. The number of aromatic hydroxyl groups is 1. The Balaban J connectivity index is 1.64. The lowest BCUT2D eigenvalue weighted by molar-refractivity contribution is 0.475. The normalized spacial score (nSPS) is 11.5. The monoisotopic (exact) mass is 333 g/mol. The number of aromatic nitrogens is 1. The molecule has 1 heterocycles. The van der Waals surface area contributed by atoms with Gasteiger partial charge in [0.05, 0.1) is 16.4 Å². The van der Waals surface area contributed by atoms with Crippen LogP contribution in [0.25, 0.3) is 21.0 Å². The number of aryl methyl sites for hydroxylation is 1. The van der Waals surface area contributed by atoms with E-state index in [-0.39, 0.29) is 5.75 Å². The van der Waals surface area contributed by atoms with E-state index in [9.17, 15) is 5.11 Å². The molecule has 0 fully saturated rings. The molecule has 4 nitrogen and oxygen atoms in total. The molecule has 118 valence electrons. The molecule has 4 rings (SSSR count). The van der Waals surface area contributed by atoms with Gasteiger partial charge in [0.25, 0.3) is 0 Å². The SMILES string of the molecule is Cc1ccc2nc(NN=Cc3c(O)ccc4ccccc34)sc2c1. The van der Waals surface area contributed by atoms with E-state index in [1.54, 1.807) is 23.6 Å². The van der Waals surface area contributed by atoms with Gasteiger partial charge in [0.1, 0.15) is 5.75 Å². The molecule has 0 atom stereocenters. The fourth-order valence-corrected chi connectivity index (χ4v) is 3.57. The first-order chi connectivity index (χ1) is 11.7. The van der Waals surface area contributed by atoms with Gasteiger partial charge in [0, 0.05) is 5.56 Å². The summed E-state index contributed by atoms with van der Waals surface area (Å²) in [4.78, 5) is 4.50. The van der Waals surface area contributed by atoms with Crippen LogP contribution in [0.5, 0.6) is 5.75 Å². The highest BCUT2D eigenvalue weighted by molar-refractivity contribution is 7.22. The standard InChI is InChI=1S/C19H15N3OS/c1-12-6-8-16-18(10-12)24-19(21-16)22-20-11-15-14-5-3-2-4-13(14)7-9-17(15)23/h2-11,23H,1H3,(H,21,22). The quantitative estimate of drug-likeness (QED) is 0.414. The van der Waals surface area contributed by atoms with Crippen LogP contribution in [0.1, 0.15) is 11.1 Å². The van der Waals surface area contributed by atoms with Crippen LogP contribution in [0.3, 0.4) is 0 Å². The molecule has 0 spiro atoms. The van der Waals surface area contributed by atoms with Gasteiger partial charge >= 0.3 is 0 Å². The van der Waals surface area contributed by atoms with Gasteiger partial charge in [-0.3, -0.25) is 5.43 Å². The predicted molar refractivity (Wildman–Crippen MR) is 101 cm³/mol. The van der Waals surface area contributed by atoms with Gasteiger partial charge in [-0.25, -0.2) is 4.98 Å². The molecular weight excluding hydrogens is 318 g/mol. The van der Waals surface area contributed by atoms with Crippen LogP contribution >= 0.6 is 11.3 Å². The minimum atomic E-state index is 0.208. The summed E-state index contributed by atoms with van der Waals surface area (Å²) < 4.78 is 1.13. The maximum atomic E-state index is 10.1. The highest BCUT2D eigenvalue weighted by Gasteiger charge is 2.05. The summed E-state index contributed by atoms with van der Waals surface area (Å²) in [6.07, 6.45) is 1.63.